The van der Waals surface area contributed by atoms with Gasteiger partial charge in [0.1, 0.15) is 0 Å². The third-order valence-corrected chi connectivity index (χ3v) is 2.48. The normalized spacial score (nSPS) is 10.2. The third-order valence-electron chi connectivity index (χ3n) is 2.48. The van der Waals surface area contributed by atoms with Crippen molar-refractivity contribution in [3.05, 3.63) is 48.2 Å². The zero-order chi connectivity index (χ0) is 14.4. The molecule has 1 radical (unpaired) electrons. The van der Waals surface area contributed by atoms with Crippen molar-refractivity contribution >= 4 is 17.8 Å². The molecule has 0 fully saturated rings. The largest absolute Gasteiger partial charge is 0.408 e. The Morgan fingerprint density at radius 2 is 2.00 bits per heavy atom. The first-order valence-electron chi connectivity index (χ1n) is 5.96. The first-order valence-corrected chi connectivity index (χ1v) is 5.96. The number of nitrogens with two attached hydrogens (primary N) is 1. The fourth-order valence-corrected chi connectivity index (χ4v) is 1.53. The molecular formula is C13H13N4O3. The first-order chi connectivity index (χ1) is 9.65. The quantitative estimate of drug-likeness (QED) is 0.778. The molecule has 0 aliphatic carbocycles. The van der Waals surface area contributed by atoms with Crippen molar-refractivity contribution in [3.63, 3.8) is 0 Å². The van der Waals surface area contributed by atoms with Crippen LogP contribution in [0.5, 0.6) is 0 Å². The van der Waals surface area contributed by atoms with Crippen LogP contribution in [-0.4, -0.2) is 22.0 Å². The number of primary amides is 1. The van der Waals surface area contributed by atoms with Crippen LogP contribution in [0.15, 0.2) is 34.7 Å². The van der Waals surface area contributed by atoms with Gasteiger partial charge in [-0.05, 0) is 18.4 Å². The first kappa shape index (κ1) is 13.7. The molecule has 103 valence electrons. The Kier molecular flexibility index (Phi) is 4.43. The molecule has 20 heavy (non-hydrogen) atoms. The molecule has 7 nitrogen and oxygen atoms in total. The number of nitrogens with zero attached hydrogens (tertiary/aromatic N) is 2. The van der Waals surface area contributed by atoms with Gasteiger partial charge in [-0.25, -0.2) is 0 Å². The molecule has 2 rings (SSSR count). The van der Waals surface area contributed by atoms with E-state index < -0.39 is 11.8 Å². The van der Waals surface area contributed by atoms with Gasteiger partial charge in [-0.3, -0.25) is 14.9 Å². The third kappa shape index (κ3) is 3.91. The summed E-state index contributed by atoms with van der Waals surface area (Å²) in [6.45, 7) is 0. The summed E-state index contributed by atoms with van der Waals surface area (Å²) in [6, 6.07) is 9.80. The molecule has 0 spiro atoms. The SMILES string of the molecule is NC(=O)C(=O)Nc1nnc([CH]CCc2ccccc2)o1. The minimum atomic E-state index is -1.11. The zero-order valence-corrected chi connectivity index (χ0v) is 10.6. The summed E-state index contributed by atoms with van der Waals surface area (Å²) in [5, 5.41) is 9.39. The molecule has 3 N–H and O–H groups in total. The predicted molar refractivity (Wildman–Crippen MR) is 70.3 cm³/mol. The lowest BCUT2D eigenvalue weighted by molar-refractivity contribution is -0.134. The molecule has 0 atom stereocenters. The molecule has 2 amide bonds. The Bertz CT molecular complexity index is 595. The average molecular weight is 273 g/mol. The van der Waals surface area contributed by atoms with Crippen LogP contribution in [-0.2, 0) is 16.0 Å². The Hall–Kier alpha value is -2.70. The molecule has 0 aliphatic rings. The average Bonchev–Trinajstić information content (AvgIpc) is 2.87. The Morgan fingerprint density at radius 1 is 1.25 bits per heavy atom. The summed E-state index contributed by atoms with van der Waals surface area (Å²) in [5.41, 5.74) is 5.99. The van der Waals surface area contributed by atoms with E-state index in [1.54, 1.807) is 6.42 Å². The van der Waals surface area contributed by atoms with Crippen LogP contribution >= 0.6 is 0 Å². The van der Waals surface area contributed by atoms with Crippen molar-refractivity contribution < 1.29 is 14.0 Å². The predicted octanol–water partition coefficient (Wildman–Crippen LogP) is 0.679. The number of benzene rings is 1. The van der Waals surface area contributed by atoms with E-state index in [2.05, 4.69) is 15.5 Å². The van der Waals surface area contributed by atoms with Gasteiger partial charge < -0.3 is 10.2 Å². The van der Waals surface area contributed by atoms with Crippen LogP contribution in [0.1, 0.15) is 17.9 Å². The van der Waals surface area contributed by atoms with Gasteiger partial charge in [0, 0.05) is 6.42 Å². The number of nitrogens with one attached hydrogen (secondary N) is 1. The van der Waals surface area contributed by atoms with E-state index in [9.17, 15) is 9.59 Å². The maximum atomic E-state index is 11.0. The van der Waals surface area contributed by atoms with Gasteiger partial charge >= 0.3 is 17.8 Å². The van der Waals surface area contributed by atoms with E-state index in [1.165, 1.54) is 5.56 Å². The van der Waals surface area contributed by atoms with Gasteiger partial charge in [-0.1, -0.05) is 35.4 Å². The summed E-state index contributed by atoms with van der Waals surface area (Å²) in [5.74, 6) is -1.83. The number of carbonyl (C=O) groups is 2. The zero-order valence-electron chi connectivity index (χ0n) is 10.6. The molecule has 1 aromatic heterocycles. The number of hydrogen-bond donors (Lipinski definition) is 2. The van der Waals surface area contributed by atoms with Crippen LogP contribution < -0.4 is 11.1 Å². The minimum Gasteiger partial charge on any atom is -0.408 e. The van der Waals surface area contributed by atoms with Crippen molar-refractivity contribution in [3.8, 4) is 0 Å². The molecule has 0 saturated heterocycles. The second kappa shape index (κ2) is 6.46. The standard InChI is InChI=1S/C13H13N4O3/c14-11(18)12(19)15-13-17-16-10(20-13)8-4-7-9-5-2-1-3-6-9/h1-3,5-6,8H,4,7H2,(H2,14,18)(H,15,17,19). The van der Waals surface area contributed by atoms with Gasteiger partial charge in [0.2, 0.25) is 5.89 Å². The van der Waals surface area contributed by atoms with Crippen LogP contribution in [0.2, 0.25) is 0 Å². The van der Waals surface area contributed by atoms with Crippen molar-refractivity contribution in [1.82, 2.24) is 10.2 Å². The highest BCUT2D eigenvalue weighted by molar-refractivity contribution is 6.38. The second-order valence-corrected chi connectivity index (χ2v) is 3.99. The van der Waals surface area contributed by atoms with E-state index in [0.717, 1.165) is 12.8 Å². The van der Waals surface area contributed by atoms with Crippen LogP contribution in [0, 0.1) is 6.42 Å². The van der Waals surface area contributed by atoms with Crippen LogP contribution in [0.25, 0.3) is 0 Å². The fourth-order valence-electron chi connectivity index (χ4n) is 1.53. The second-order valence-electron chi connectivity index (χ2n) is 3.99. The maximum Gasteiger partial charge on any atom is 0.322 e. The fraction of sp³-hybridized carbons (Fsp3) is 0.154. The number of amides is 2. The number of anilines is 1. The van der Waals surface area contributed by atoms with Crippen molar-refractivity contribution in [2.75, 3.05) is 5.32 Å². The highest BCUT2D eigenvalue weighted by Gasteiger charge is 2.13. The van der Waals surface area contributed by atoms with E-state index in [4.69, 9.17) is 10.2 Å². The van der Waals surface area contributed by atoms with E-state index in [-0.39, 0.29) is 11.9 Å². The van der Waals surface area contributed by atoms with E-state index >= 15 is 0 Å². The lowest BCUT2D eigenvalue weighted by Gasteiger charge is -1.98. The molecule has 0 unspecified atom stereocenters. The summed E-state index contributed by atoms with van der Waals surface area (Å²) >= 11 is 0. The molecule has 1 heterocycles. The lowest BCUT2D eigenvalue weighted by atomic mass is 10.1. The molecule has 2 aromatic rings. The van der Waals surface area contributed by atoms with Crippen LogP contribution in [0.4, 0.5) is 6.01 Å². The summed E-state index contributed by atoms with van der Waals surface area (Å²) in [4.78, 5) is 21.5. The Balaban J connectivity index is 1.81. The van der Waals surface area contributed by atoms with E-state index in [0.29, 0.717) is 0 Å². The number of hydrogen-bond acceptors (Lipinski definition) is 5. The number of rotatable bonds is 5. The van der Waals surface area contributed by atoms with Crippen molar-refractivity contribution in [2.45, 2.75) is 12.8 Å². The molecule has 0 bridgehead atoms. The van der Waals surface area contributed by atoms with Gasteiger partial charge in [-0.2, -0.15) is 0 Å². The van der Waals surface area contributed by atoms with Gasteiger partial charge in [-0.15, -0.1) is 5.10 Å². The number of carbonyl (C=O) groups excluding carboxylic acids is 2. The van der Waals surface area contributed by atoms with E-state index in [1.807, 2.05) is 30.3 Å². The molecule has 0 saturated carbocycles. The number of aromatic nitrogens is 2. The monoisotopic (exact) mass is 273 g/mol. The lowest BCUT2D eigenvalue weighted by Crippen LogP contribution is -2.29. The smallest absolute Gasteiger partial charge is 0.322 e. The molecule has 7 heteroatoms. The summed E-state index contributed by atoms with van der Waals surface area (Å²) in [7, 11) is 0. The highest BCUT2D eigenvalue weighted by Crippen LogP contribution is 2.11. The van der Waals surface area contributed by atoms with Crippen LogP contribution in [0.3, 0.4) is 0 Å². The molecular weight excluding hydrogens is 260 g/mol. The maximum absolute atomic E-state index is 11.0. The Labute approximate surface area is 115 Å². The molecule has 0 aliphatic heterocycles. The topological polar surface area (TPSA) is 111 Å². The summed E-state index contributed by atoms with van der Waals surface area (Å²) in [6.07, 6.45) is 3.31. The van der Waals surface area contributed by atoms with Crippen molar-refractivity contribution in [2.24, 2.45) is 5.73 Å². The van der Waals surface area contributed by atoms with Crippen molar-refractivity contribution in [1.29, 1.82) is 0 Å². The molecule has 1 aromatic carbocycles. The van der Waals surface area contributed by atoms with Gasteiger partial charge in [0.25, 0.3) is 0 Å². The van der Waals surface area contributed by atoms with Gasteiger partial charge in [0.15, 0.2) is 0 Å². The Morgan fingerprint density at radius 3 is 2.70 bits per heavy atom. The number of aryl methyl sites for hydroxylation is 1. The minimum absolute atomic E-state index is 0.153. The highest BCUT2D eigenvalue weighted by atomic mass is 16.4. The summed E-state index contributed by atoms with van der Waals surface area (Å²) < 4.78 is 5.12. The van der Waals surface area contributed by atoms with Gasteiger partial charge in [0.05, 0.1) is 0 Å².